The summed E-state index contributed by atoms with van der Waals surface area (Å²) in [6.07, 6.45) is 4.56. The Balaban J connectivity index is 0.00000220. The number of amides is 1. The normalized spacial score (nSPS) is 9.50. The van der Waals surface area contributed by atoms with E-state index in [1.807, 2.05) is 0 Å². The van der Waals surface area contributed by atoms with Crippen LogP contribution in [0, 0.1) is 0 Å². The summed E-state index contributed by atoms with van der Waals surface area (Å²) in [5.41, 5.74) is 0.580. The summed E-state index contributed by atoms with van der Waals surface area (Å²) in [5, 5.41) is 9.75. The van der Waals surface area contributed by atoms with E-state index in [0.29, 0.717) is 24.7 Å². The highest BCUT2D eigenvalue weighted by atomic mass is 35.5. The third-order valence-corrected chi connectivity index (χ3v) is 2.47. The van der Waals surface area contributed by atoms with Gasteiger partial charge in [-0.05, 0) is 12.1 Å². The van der Waals surface area contributed by atoms with Crippen LogP contribution in [0.15, 0.2) is 31.0 Å². The molecule has 0 saturated heterocycles. The number of aromatic nitrogens is 4. The SMILES string of the molecule is COCCNCC(=O)Nc1cccnc1-n1cncn1.Cl.Cl. The number of ether oxygens (including phenoxy) is 1. The molecule has 0 fully saturated rings. The largest absolute Gasteiger partial charge is 0.383 e. The number of hydrogen-bond acceptors (Lipinski definition) is 6. The molecule has 8 nitrogen and oxygen atoms in total. The predicted molar refractivity (Wildman–Crippen MR) is 87.0 cm³/mol. The molecule has 0 aliphatic heterocycles. The molecule has 0 radical (unpaired) electrons. The Morgan fingerprint density at radius 1 is 1.41 bits per heavy atom. The van der Waals surface area contributed by atoms with Gasteiger partial charge >= 0.3 is 0 Å². The minimum atomic E-state index is -0.157. The molecule has 2 heterocycles. The lowest BCUT2D eigenvalue weighted by molar-refractivity contribution is -0.115. The molecule has 0 saturated carbocycles. The first-order valence-electron chi connectivity index (χ1n) is 6.11. The lowest BCUT2D eigenvalue weighted by atomic mass is 10.3. The van der Waals surface area contributed by atoms with E-state index in [1.165, 1.54) is 17.3 Å². The van der Waals surface area contributed by atoms with Crippen LogP contribution in [0.25, 0.3) is 5.82 Å². The first kappa shape index (κ1) is 20.3. The summed E-state index contributed by atoms with van der Waals surface area (Å²) < 4.78 is 6.38. The molecule has 0 atom stereocenters. The molecular formula is C12H18Cl2N6O2. The molecule has 10 heteroatoms. The van der Waals surface area contributed by atoms with Crippen LogP contribution in [0.1, 0.15) is 0 Å². The highest BCUT2D eigenvalue weighted by Crippen LogP contribution is 2.15. The van der Waals surface area contributed by atoms with Crippen molar-refractivity contribution in [2.24, 2.45) is 0 Å². The number of anilines is 1. The third kappa shape index (κ3) is 5.94. The Morgan fingerprint density at radius 2 is 2.23 bits per heavy atom. The van der Waals surface area contributed by atoms with Crippen LogP contribution in [0.4, 0.5) is 5.69 Å². The lowest BCUT2D eigenvalue weighted by Gasteiger charge is -2.10. The van der Waals surface area contributed by atoms with Crippen molar-refractivity contribution in [1.29, 1.82) is 0 Å². The van der Waals surface area contributed by atoms with Crippen molar-refractivity contribution in [3.05, 3.63) is 31.0 Å². The maximum absolute atomic E-state index is 11.8. The molecule has 22 heavy (non-hydrogen) atoms. The summed E-state index contributed by atoms with van der Waals surface area (Å²) in [7, 11) is 1.61. The lowest BCUT2D eigenvalue weighted by Crippen LogP contribution is -2.30. The van der Waals surface area contributed by atoms with Crippen molar-refractivity contribution < 1.29 is 9.53 Å². The van der Waals surface area contributed by atoms with Gasteiger partial charge < -0.3 is 15.4 Å². The summed E-state index contributed by atoms with van der Waals surface area (Å²) in [5.74, 6) is 0.366. The van der Waals surface area contributed by atoms with Gasteiger partial charge in [-0.2, -0.15) is 5.10 Å². The predicted octanol–water partition coefficient (Wildman–Crippen LogP) is 0.680. The fourth-order valence-electron chi connectivity index (χ4n) is 1.57. The summed E-state index contributed by atoms with van der Waals surface area (Å²) in [6, 6.07) is 3.51. The number of nitrogens with zero attached hydrogens (tertiary/aromatic N) is 4. The summed E-state index contributed by atoms with van der Waals surface area (Å²) in [6.45, 7) is 1.38. The zero-order valence-electron chi connectivity index (χ0n) is 11.9. The Labute approximate surface area is 140 Å². The number of carbonyl (C=O) groups is 1. The number of pyridine rings is 1. The zero-order chi connectivity index (χ0) is 14.2. The Hall–Kier alpha value is -1.74. The van der Waals surface area contributed by atoms with E-state index >= 15 is 0 Å². The zero-order valence-corrected chi connectivity index (χ0v) is 13.6. The molecule has 0 aromatic carbocycles. The van der Waals surface area contributed by atoms with Gasteiger partial charge in [0.05, 0.1) is 18.8 Å². The van der Waals surface area contributed by atoms with Crippen molar-refractivity contribution >= 4 is 36.4 Å². The van der Waals surface area contributed by atoms with E-state index < -0.39 is 0 Å². The van der Waals surface area contributed by atoms with Gasteiger partial charge in [-0.15, -0.1) is 24.8 Å². The van der Waals surface area contributed by atoms with Crippen molar-refractivity contribution in [3.63, 3.8) is 0 Å². The molecule has 2 aromatic heterocycles. The first-order chi connectivity index (χ1) is 9.81. The number of hydrogen-bond donors (Lipinski definition) is 2. The molecule has 0 spiro atoms. The minimum absolute atomic E-state index is 0. The second-order valence-corrected chi connectivity index (χ2v) is 3.93. The van der Waals surface area contributed by atoms with Gasteiger partial charge in [0.15, 0.2) is 5.82 Å². The monoisotopic (exact) mass is 348 g/mol. The van der Waals surface area contributed by atoms with Gasteiger partial charge in [0.1, 0.15) is 12.7 Å². The van der Waals surface area contributed by atoms with Gasteiger partial charge in [0, 0.05) is 19.9 Å². The van der Waals surface area contributed by atoms with E-state index in [4.69, 9.17) is 4.74 Å². The average molecular weight is 349 g/mol. The highest BCUT2D eigenvalue weighted by Gasteiger charge is 2.09. The molecule has 2 rings (SSSR count). The Morgan fingerprint density at radius 3 is 2.91 bits per heavy atom. The molecule has 122 valence electrons. The number of halogens is 2. The van der Waals surface area contributed by atoms with E-state index in [2.05, 4.69) is 25.7 Å². The fourth-order valence-corrected chi connectivity index (χ4v) is 1.57. The van der Waals surface area contributed by atoms with Gasteiger partial charge in [0.25, 0.3) is 0 Å². The molecular weight excluding hydrogens is 331 g/mol. The van der Waals surface area contributed by atoms with Gasteiger partial charge in [-0.25, -0.2) is 14.6 Å². The fraction of sp³-hybridized carbons (Fsp3) is 0.333. The highest BCUT2D eigenvalue weighted by molar-refractivity contribution is 5.93. The molecule has 0 aliphatic carbocycles. The molecule has 0 bridgehead atoms. The number of carbonyl (C=O) groups excluding carboxylic acids is 1. The van der Waals surface area contributed by atoms with Crippen LogP contribution in [0.3, 0.4) is 0 Å². The molecule has 2 N–H and O–H groups in total. The van der Waals surface area contributed by atoms with Crippen molar-refractivity contribution in [2.45, 2.75) is 0 Å². The number of methoxy groups -OCH3 is 1. The molecule has 0 unspecified atom stereocenters. The van der Waals surface area contributed by atoms with Crippen LogP contribution in [-0.4, -0.2) is 52.5 Å². The second kappa shape index (κ2) is 10.9. The van der Waals surface area contributed by atoms with Gasteiger partial charge in [-0.1, -0.05) is 0 Å². The van der Waals surface area contributed by atoms with Crippen LogP contribution in [-0.2, 0) is 9.53 Å². The Kier molecular flexibility index (Phi) is 10.0. The number of rotatable bonds is 7. The summed E-state index contributed by atoms with van der Waals surface area (Å²) in [4.78, 5) is 19.9. The van der Waals surface area contributed by atoms with Crippen LogP contribution < -0.4 is 10.6 Å². The smallest absolute Gasteiger partial charge is 0.238 e. The maximum Gasteiger partial charge on any atom is 0.238 e. The van der Waals surface area contributed by atoms with Crippen LogP contribution >= 0.6 is 24.8 Å². The Bertz CT molecular complexity index is 552. The maximum atomic E-state index is 11.8. The van der Waals surface area contributed by atoms with Crippen molar-refractivity contribution in [1.82, 2.24) is 25.1 Å². The van der Waals surface area contributed by atoms with E-state index in [9.17, 15) is 4.79 Å². The van der Waals surface area contributed by atoms with Gasteiger partial charge in [0.2, 0.25) is 5.91 Å². The molecule has 2 aromatic rings. The third-order valence-electron chi connectivity index (χ3n) is 2.47. The van der Waals surface area contributed by atoms with Crippen LogP contribution in [0.5, 0.6) is 0 Å². The molecule has 1 amide bonds. The van der Waals surface area contributed by atoms with Crippen molar-refractivity contribution in [3.8, 4) is 5.82 Å². The quantitative estimate of drug-likeness (QED) is 0.714. The van der Waals surface area contributed by atoms with E-state index in [1.54, 1.807) is 25.4 Å². The number of nitrogens with one attached hydrogen (secondary N) is 2. The topological polar surface area (TPSA) is 94.0 Å². The van der Waals surface area contributed by atoms with E-state index in [-0.39, 0.29) is 37.3 Å². The summed E-state index contributed by atoms with van der Waals surface area (Å²) >= 11 is 0. The van der Waals surface area contributed by atoms with Crippen molar-refractivity contribution in [2.75, 3.05) is 32.1 Å². The molecule has 0 aliphatic rings. The minimum Gasteiger partial charge on any atom is -0.383 e. The standard InChI is InChI=1S/C12H16N6O2.2ClH/c1-20-6-5-13-7-11(19)17-10-3-2-4-15-12(10)18-9-14-8-16-18;;/h2-4,8-9,13H,5-7H2,1H3,(H,17,19);2*1H. The first-order valence-corrected chi connectivity index (χ1v) is 6.11. The van der Waals surface area contributed by atoms with Gasteiger partial charge in [-0.3, -0.25) is 4.79 Å². The van der Waals surface area contributed by atoms with E-state index in [0.717, 1.165) is 0 Å². The van der Waals surface area contributed by atoms with Crippen LogP contribution in [0.2, 0.25) is 0 Å². The second-order valence-electron chi connectivity index (χ2n) is 3.93. The average Bonchev–Trinajstić information content (AvgIpc) is 2.98.